The summed E-state index contributed by atoms with van der Waals surface area (Å²) < 4.78 is 7.51. The van der Waals surface area contributed by atoms with E-state index in [0.717, 1.165) is 41.0 Å². The van der Waals surface area contributed by atoms with Gasteiger partial charge in [-0.2, -0.15) is 0 Å². The van der Waals surface area contributed by atoms with Crippen LogP contribution in [0.5, 0.6) is 0 Å². The van der Waals surface area contributed by atoms with Crippen LogP contribution < -0.4 is 5.73 Å². The van der Waals surface area contributed by atoms with Crippen molar-refractivity contribution in [1.29, 1.82) is 0 Å². The second kappa shape index (κ2) is 7.40. The van der Waals surface area contributed by atoms with Crippen LogP contribution in [0.4, 0.5) is 0 Å². The Morgan fingerprint density at radius 1 is 1.45 bits per heavy atom. The Balaban J connectivity index is 2.23. The Bertz CT molecular complexity index is 419. The van der Waals surface area contributed by atoms with Gasteiger partial charge in [-0.1, -0.05) is 6.92 Å². The van der Waals surface area contributed by atoms with Gasteiger partial charge in [0.1, 0.15) is 5.76 Å². The van der Waals surface area contributed by atoms with Crippen LogP contribution in [0.1, 0.15) is 31.6 Å². The third-order valence-electron chi connectivity index (χ3n) is 4.04. The number of rotatable bonds is 4. The van der Waals surface area contributed by atoms with Gasteiger partial charge in [-0.25, -0.2) is 0 Å². The molecular formula is C14H23Br2N3O. The molecule has 0 aliphatic carbocycles. The molecule has 2 heterocycles. The van der Waals surface area contributed by atoms with Gasteiger partial charge in [-0.15, -0.1) is 0 Å². The molecule has 1 saturated heterocycles. The zero-order chi connectivity index (χ0) is 14.7. The van der Waals surface area contributed by atoms with E-state index in [0.29, 0.717) is 12.6 Å². The Kier molecular flexibility index (Phi) is 6.10. The van der Waals surface area contributed by atoms with E-state index in [1.54, 1.807) is 0 Å². The average molecular weight is 409 g/mol. The van der Waals surface area contributed by atoms with Gasteiger partial charge in [0.25, 0.3) is 0 Å². The molecule has 0 spiro atoms. The number of halogens is 2. The quantitative estimate of drug-likeness (QED) is 0.830. The van der Waals surface area contributed by atoms with Gasteiger partial charge < -0.3 is 15.1 Å². The molecule has 6 heteroatoms. The molecule has 2 atom stereocenters. The SMILES string of the molecule is CCC1CN(C)CCCN1C(CN)c1cc(Br)c(Br)o1. The van der Waals surface area contributed by atoms with E-state index in [1.807, 2.05) is 6.07 Å². The van der Waals surface area contributed by atoms with Crippen molar-refractivity contribution in [1.82, 2.24) is 9.80 Å². The molecule has 1 aromatic heterocycles. The largest absolute Gasteiger partial charge is 0.451 e. The van der Waals surface area contributed by atoms with E-state index in [-0.39, 0.29) is 6.04 Å². The lowest BCUT2D eigenvalue weighted by Gasteiger charge is -2.35. The van der Waals surface area contributed by atoms with Gasteiger partial charge in [0.2, 0.25) is 0 Å². The smallest absolute Gasteiger partial charge is 0.183 e. The summed E-state index contributed by atoms with van der Waals surface area (Å²) in [6, 6.07) is 2.70. The van der Waals surface area contributed by atoms with E-state index >= 15 is 0 Å². The van der Waals surface area contributed by atoms with Crippen LogP contribution in [0, 0.1) is 0 Å². The number of nitrogens with zero attached hydrogens (tertiary/aromatic N) is 2. The molecule has 0 saturated carbocycles. The molecule has 2 unspecified atom stereocenters. The fourth-order valence-corrected chi connectivity index (χ4v) is 3.59. The minimum Gasteiger partial charge on any atom is -0.451 e. The summed E-state index contributed by atoms with van der Waals surface area (Å²) in [5, 5.41) is 0. The topological polar surface area (TPSA) is 45.6 Å². The van der Waals surface area contributed by atoms with E-state index in [1.165, 1.54) is 6.42 Å². The predicted molar refractivity (Wildman–Crippen MR) is 88.8 cm³/mol. The minimum absolute atomic E-state index is 0.147. The summed E-state index contributed by atoms with van der Waals surface area (Å²) >= 11 is 6.90. The van der Waals surface area contributed by atoms with Crippen LogP contribution in [0.25, 0.3) is 0 Å². The highest BCUT2D eigenvalue weighted by Gasteiger charge is 2.30. The first-order valence-electron chi connectivity index (χ1n) is 7.15. The zero-order valence-corrected chi connectivity index (χ0v) is 15.3. The van der Waals surface area contributed by atoms with Crippen LogP contribution in [-0.4, -0.2) is 49.1 Å². The highest BCUT2D eigenvalue weighted by molar-refractivity contribution is 9.13. The van der Waals surface area contributed by atoms with Gasteiger partial charge >= 0.3 is 0 Å². The van der Waals surface area contributed by atoms with Gasteiger partial charge in [0.05, 0.1) is 10.5 Å². The van der Waals surface area contributed by atoms with Crippen molar-refractivity contribution in [2.75, 3.05) is 33.2 Å². The normalized spacial score (nSPS) is 23.8. The minimum atomic E-state index is 0.147. The number of furan rings is 1. The third-order valence-corrected chi connectivity index (χ3v) is 5.75. The second-order valence-corrected chi connectivity index (χ2v) is 7.01. The molecule has 0 radical (unpaired) electrons. The lowest BCUT2D eigenvalue weighted by atomic mass is 10.1. The fourth-order valence-electron chi connectivity index (χ4n) is 2.98. The summed E-state index contributed by atoms with van der Waals surface area (Å²) in [7, 11) is 2.20. The second-order valence-electron chi connectivity index (χ2n) is 5.44. The van der Waals surface area contributed by atoms with Crippen molar-refractivity contribution in [3.05, 3.63) is 21.0 Å². The fraction of sp³-hybridized carbons (Fsp3) is 0.714. The predicted octanol–water partition coefficient (Wildman–Crippen LogP) is 3.22. The third kappa shape index (κ3) is 3.65. The number of hydrogen-bond acceptors (Lipinski definition) is 4. The van der Waals surface area contributed by atoms with Gasteiger partial charge in [0.15, 0.2) is 4.67 Å². The zero-order valence-electron chi connectivity index (χ0n) is 12.1. The maximum atomic E-state index is 6.05. The summed E-state index contributed by atoms with van der Waals surface area (Å²) in [5.41, 5.74) is 6.05. The molecular weight excluding hydrogens is 386 g/mol. The van der Waals surface area contributed by atoms with Crippen molar-refractivity contribution >= 4 is 31.9 Å². The van der Waals surface area contributed by atoms with Crippen molar-refractivity contribution in [3.63, 3.8) is 0 Å². The Morgan fingerprint density at radius 2 is 2.20 bits per heavy atom. The lowest BCUT2D eigenvalue weighted by Crippen LogP contribution is -2.44. The van der Waals surface area contributed by atoms with Crippen LogP contribution >= 0.6 is 31.9 Å². The van der Waals surface area contributed by atoms with E-state index < -0.39 is 0 Å². The maximum Gasteiger partial charge on any atom is 0.183 e. The molecule has 2 N–H and O–H groups in total. The van der Waals surface area contributed by atoms with Gasteiger partial charge in [-0.05, 0) is 64.4 Å². The first-order valence-corrected chi connectivity index (χ1v) is 8.74. The van der Waals surface area contributed by atoms with Crippen LogP contribution in [0.15, 0.2) is 19.6 Å². The first kappa shape index (κ1) is 16.5. The van der Waals surface area contributed by atoms with Gasteiger partial charge in [-0.3, -0.25) is 4.90 Å². The number of hydrogen-bond donors (Lipinski definition) is 1. The molecule has 20 heavy (non-hydrogen) atoms. The summed E-state index contributed by atoms with van der Waals surface area (Å²) in [5.74, 6) is 0.939. The molecule has 0 aromatic carbocycles. The Hall–Kier alpha value is 0.120. The highest BCUT2D eigenvalue weighted by atomic mass is 79.9. The van der Waals surface area contributed by atoms with Crippen molar-refractivity contribution < 1.29 is 4.42 Å². The Labute approximate surface area is 137 Å². The van der Waals surface area contributed by atoms with Crippen LogP contribution in [-0.2, 0) is 0 Å². The molecule has 1 aromatic rings. The van der Waals surface area contributed by atoms with Crippen LogP contribution in [0.2, 0.25) is 0 Å². The molecule has 114 valence electrons. The molecule has 2 rings (SSSR count). The van der Waals surface area contributed by atoms with Gasteiger partial charge in [0, 0.05) is 25.7 Å². The summed E-state index contributed by atoms with van der Waals surface area (Å²) in [4.78, 5) is 4.93. The lowest BCUT2D eigenvalue weighted by molar-refractivity contribution is 0.116. The molecule has 0 amide bonds. The maximum absolute atomic E-state index is 6.05. The number of nitrogens with two attached hydrogens (primary N) is 1. The average Bonchev–Trinajstić information content (AvgIpc) is 2.63. The monoisotopic (exact) mass is 407 g/mol. The standard InChI is InChI=1S/C14H23Br2N3O/c1-3-10-9-18(2)5-4-6-19(10)12(8-17)13-7-11(15)14(16)20-13/h7,10,12H,3-6,8-9,17H2,1-2H3. The molecule has 1 fully saturated rings. The van der Waals surface area contributed by atoms with E-state index in [4.69, 9.17) is 10.2 Å². The highest BCUT2D eigenvalue weighted by Crippen LogP contribution is 2.33. The summed E-state index contributed by atoms with van der Waals surface area (Å²) in [6.45, 7) is 6.14. The summed E-state index contributed by atoms with van der Waals surface area (Å²) in [6.07, 6.45) is 2.30. The van der Waals surface area contributed by atoms with E-state index in [9.17, 15) is 0 Å². The number of likely N-dealkylation sites (N-methyl/N-ethyl adjacent to an activating group) is 1. The van der Waals surface area contributed by atoms with Crippen LogP contribution in [0.3, 0.4) is 0 Å². The Morgan fingerprint density at radius 3 is 2.75 bits per heavy atom. The van der Waals surface area contributed by atoms with Crippen molar-refractivity contribution in [2.45, 2.75) is 31.8 Å². The molecule has 4 nitrogen and oxygen atoms in total. The molecule has 0 bridgehead atoms. The molecule has 1 aliphatic rings. The van der Waals surface area contributed by atoms with E-state index in [2.05, 4.69) is 55.6 Å². The van der Waals surface area contributed by atoms with Crippen molar-refractivity contribution in [3.8, 4) is 0 Å². The first-order chi connectivity index (χ1) is 9.56. The van der Waals surface area contributed by atoms with Crippen molar-refractivity contribution in [2.24, 2.45) is 5.73 Å². The molecule has 1 aliphatic heterocycles.